The molecule has 0 fully saturated rings. The number of amides is 1. The van der Waals surface area contributed by atoms with E-state index in [0.717, 1.165) is 18.3 Å². The van der Waals surface area contributed by atoms with E-state index >= 15 is 0 Å². The Balaban J connectivity index is 1.99. The van der Waals surface area contributed by atoms with E-state index in [9.17, 15) is 9.59 Å². The molecular weight excluding hydrogens is 724 g/mol. The van der Waals surface area contributed by atoms with Gasteiger partial charge in [-0.1, -0.05) is 35.1 Å². The molecule has 3 aromatic rings. The van der Waals surface area contributed by atoms with Crippen molar-refractivity contribution in [1.82, 2.24) is 9.47 Å². The average molecular weight is 748 g/mol. The monoisotopic (exact) mass is 747 g/mol. The molecule has 0 saturated carbocycles. The zero-order valence-electron chi connectivity index (χ0n) is 20.1. The van der Waals surface area contributed by atoms with Crippen molar-refractivity contribution in [2.45, 2.75) is 26.8 Å². The number of allylic oxidation sites excluding steroid dienone is 1. The number of fused-ring (bicyclic) bond motifs is 1. The van der Waals surface area contributed by atoms with E-state index in [1.54, 1.807) is 28.7 Å². The van der Waals surface area contributed by atoms with Crippen LogP contribution in [0.2, 0.25) is 5.02 Å². The maximum Gasteiger partial charge on any atom is 0.271 e. The quantitative estimate of drug-likeness (QED) is 0.335. The first-order chi connectivity index (χ1) is 17.2. The molecule has 2 aromatic carbocycles. The second-order valence-corrected chi connectivity index (χ2v) is 12.0. The number of nitrogens with zero attached hydrogens (tertiary/aromatic N) is 3. The van der Waals surface area contributed by atoms with Crippen LogP contribution < -0.4 is 19.6 Å². The molecule has 0 unspecified atom stereocenters. The zero-order valence-corrected chi connectivity index (χ0v) is 26.0. The number of halogens is 3. The number of carbonyl (C=O) groups is 1. The fourth-order valence-corrected chi connectivity index (χ4v) is 7.55. The number of rotatable bonds is 6. The smallest absolute Gasteiger partial charge is 0.271 e. The number of hydrogen-bond acceptors (Lipinski definition) is 5. The third kappa shape index (κ3) is 5.16. The first-order valence-electron chi connectivity index (χ1n) is 11.3. The second kappa shape index (κ2) is 11.4. The van der Waals surface area contributed by atoms with E-state index in [1.807, 2.05) is 51.1 Å². The summed E-state index contributed by atoms with van der Waals surface area (Å²) in [6, 6.07) is 10.7. The van der Waals surface area contributed by atoms with Crippen molar-refractivity contribution in [3.05, 3.63) is 90.6 Å². The number of thiazole rings is 1. The highest BCUT2D eigenvalue weighted by Crippen LogP contribution is 2.32. The fraction of sp³-hybridized carbons (Fsp3) is 0.269. The first-order valence-corrected chi connectivity index (χ1v) is 14.7. The molecule has 0 N–H and O–H groups in total. The number of likely N-dealkylation sites (N-methyl/N-ethyl adjacent to an activating group) is 1. The maximum atomic E-state index is 13.9. The predicted molar refractivity (Wildman–Crippen MR) is 162 cm³/mol. The highest BCUT2D eigenvalue weighted by atomic mass is 127. The number of ether oxygens (including phenoxy) is 1. The summed E-state index contributed by atoms with van der Waals surface area (Å²) in [5.41, 5.74) is 2.53. The van der Waals surface area contributed by atoms with Gasteiger partial charge in [0.05, 0.1) is 32.5 Å². The molecule has 0 aliphatic carbocycles. The molecule has 1 aliphatic heterocycles. The normalized spacial score (nSPS) is 15.5. The topological polar surface area (TPSA) is 63.9 Å². The number of methoxy groups -OCH3 is 1. The maximum absolute atomic E-state index is 13.9. The van der Waals surface area contributed by atoms with Crippen LogP contribution in [0.5, 0.6) is 5.75 Å². The third-order valence-electron chi connectivity index (χ3n) is 6.02. The molecule has 1 aliphatic rings. The molecule has 0 saturated heterocycles. The Hall–Kier alpha value is -1.70. The van der Waals surface area contributed by atoms with Gasteiger partial charge >= 0.3 is 0 Å². The number of carbonyl (C=O) groups excluding carboxylic acids is 1. The standard InChI is InChI=1S/C26H24ClI2N3O3S/c1-5-31(6-2)25(34)21-14(3)30-26-32(22(21)15-7-9-17(27)10-8-15)24(33)20(36-26)12-16-11-18(28)13-19(29)23(16)35-4/h7-13,22H,5-6H2,1-4H3/b20-12+/t22-/m1/s1. The van der Waals surface area contributed by atoms with Crippen LogP contribution in [0, 0.1) is 7.14 Å². The number of aromatic nitrogens is 1. The zero-order chi connectivity index (χ0) is 26.1. The molecule has 0 bridgehead atoms. The SMILES string of the molecule is CCN(CC)C(=O)C1=C(C)N=c2s/c(=C/c3cc(I)cc(I)c3OC)c(=O)n2[C@@H]1c1ccc(Cl)cc1. The van der Waals surface area contributed by atoms with Crippen LogP contribution in [-0.2, 0) is 4.79 Å². The molecule has 6 nitrogen and oxygen atoms in total. The van der Waals surface area contributed by atoms with Gasteiger partial charge in [-0.15, -0.1) is 0 Å². The fourth-order valence-electron chi connectivity index (χ4n) is 4.28. The van der Waals surface area contributed by atoms with Crippen LogP contribution >= 0.6 is 68.1 Å². The molecule has 0 radical (unpaired) electrons. The summed E-state index contributed by atoms with van der Waals surface area (Å²) in [5, 5.41) is 0.587. The Morgan fingerprint density at radius 1 is 1.22 bits per heavy atom. The van der Waals surface area contributed by atoms with E-state index in [2.05, 4.69) is 45.2 Å². The number of benzene rings is 2. The second-order valence-electron chi connectivity index (χ2n) is 8.12. The molecule has 10 heteroatoms. The minimum Gasteiger partial charge on any atom is -0.495 e. The molecule has 4 rings (SSSR count). The minimum atomic E-state index is -0.605. The van der Waals surface area contributed by atoms with Crippen molar-refractivity contribution in [2.75, 3.05) is 20.2 Å². The number of hydrogen-bond donors (Lipinski definition) is 0. The van der Waals surface area contributed by atoms with Gasteiger partial charge in [-0.3, -0.25) is 14.2 Å². The van der Waals surface area contributed by atoms with Crippen molar-refractivity contribution >= 4 is 80.1 Å². The lowest BCUT2D eigenvalue weighted by Crippen LogP contribution is -2.43. The van der Waals surface area contributed by atoms with Crippen molar-refractivity contribution in [2.24, 2.45) is 4.99 Å². The Bertz CT molecular complexity index is 1540. The Labute approximate surface area is 245 Å². The summed E-state index contributed by atoms with van der Waals surface area (Å²) in [6.45, 7) is 6.85. The van der Waals surface area contributed by atoms with E-state index in [1.165, 1.54) is 11.3 Å². The summed E-state index contributed by atoms with van der Waals surface area (Å²) in [5.74, 6) is 0.592. The van der Waals surface area contributed by atoms with Gasteiger partial charge < -0.3 is 9.64 Å². The molecule has 1 amide bonds. The van der Waals surface area contributed by atoms with Crippen molar-refractivity contribution in [3.63, 3.8) is 0 Å². The predicted octanol–water partition coefficient (Wildman–Crippen LogP) is 4.97. The van der Waals surface area contributed by atoms with E-state index in [0.29, 0.717) is 44.5 Å². The minimum absolute atomic E-state index is 0.121. The Morgan fingerprint density at radius 3 is 2.50 bits per heavy atom. The van der Waals surface area contributed by atoms with Crippen LogP contribution in [0.3, 0.4) is 0 Å². The highest BCUT2D eigenvalue weighted by molar-refractivity contribution is 14.1. The molecule has 1 aromatic heterocycles. The van der Waals surface area contributed by atoms with Gasteiger partial charge in [-0.05, 0) is 102 Å². The summed E-state index contributed by atoms with van der Waals surface area (Å²) in [6.07, 6.45) is 1.84. The van der Waals surface area contributed by atoms with Gasteiger partial charge in [-0.2, -0.15) is 0 Å². The van der Waals surface area contributed by atoms with E-state index in [-0.39, 0.29) is 11.5 Å². The lowest BCUT2D eigenvalue weighted by atomic mass is 9.94. The third-order valence-corrected chi connectivity index (χ3v) is 8.68. The largest absolute Gasteiger partial charge is 0.495 e. The highest BCUT2D eigenvalue weighted by Gasteiger charge is 2.34. The van der Waals surface area contributed by atoms with Gasteiger partial charge in [0.2, 0.25) is 0 Å². The van der Waals surface area contributed by atoms with Crippen LogP contribution in [0.4, 0.5) is 0 Å². The lowest BCUT2D eigenvalue weighted by molar-refractivity contribution is -0.127. The van der Waals surface area contributed by atoms with Crippen LogP contribution in [0.25, 0.3) is 6.08 Å². The molecule has 2 heterocycles. The molecule has 188 valence electrons. The van der Waals surface area contributed by atoms with Crippen LogP contribution in [-0.4, -0.2) is 35.6 Å². The van der Waals surface area contributed by atoms with Gasteiger partial charge in [0, 0.05) is 27.2 Å². The van der Waals surface area contributed by atoms with E-state index in [4.69, 9.17) is 21.3 Å². The van der Waals surface area contributed by atoms with Crippen molar-refractivity contribution in [3.8, 4) is 5.75 Å². The summed E-state index contributed by atoms with van der Waals surface area (Å²) >= 11 is 12.0. The molecular formula is C26H24ClI2N3O3S. The summed E-state index contributed by atoms with van der Waals surface area (Å²) in [4.78, 5) is 34.6. The van der Waals surface area contributed by atoms with Gasteiger partial charge in [0.25, 0.3) is 11.5 Å². The van der Waals surface area contributed by atoms with Gasteiger partial charge in [-0.25, -0.2) is 4.99 Å². The van der Waals surface area contributed by atoms with Crippen LogP contribution in [0.1, 0.15) is 37.9 Å². The van der Waals surface area contributed by atoms with Crippen molar-refractivity contribution < 1.29 is 9.53 Å². The molecule has 0 spiro atoms. The van der Waals surface area contributed by atoms with E-state index < -0.39 is 6.04 Å². The van der Waals surface area contributed by atoms with Crippen LogP contribution in [0.15, 0.2) is 57.5 Å². The van der Waals surface area contributed by atoms with Gasteiger partial charge in [0.15, 0.2) is 4.80 Å². The van der Waals surface area contributed by atoms with Crippen molar-refractivity contribution in [1.29, 1.82) is 0 Å². The summed E-state index contributed by atoms with van der Waals surface area (Å²) < 4.78 is 9.78. The Kier molecular flexibility index (Phi) is 8.63. The van der Waals surface area contributed by atoms with Gasteiger partial charge in [0.1, 0.15) is 5.75 Å². The lowest BCUT2D eigenvalue weighted by Gasteiger charge is -2.29. The Morgan fingerprint density at radius 2 is 1.89 bits per heavy atom. The average Bonchev–Trinajstić information content (AvgIpc) is 3.13. The molecule has 1 atom stereocenters. The first kappa shape index (κ1) is 27.3. The molecule has 36 heavy (non-hydrogen) atoms. The summed E-state index contributed by atoms with van der Waals surface area (Å²) in [7, 11) is 1.62.